The molecule has 12 heavy (non-hydrogen) atoms. The second kappa shape index (κ2) is 4.40. The van der Waals surface area contributed by atoms with Crippen molar-refractivity contribution < 1.29 is 5.11 Å². The summed E-state index contributed by atoms with van der Waals surface area (Å²) < 4.78 is 0. The van der Waals surface area contributed by atoms with E-state index in [1.165, 1.54) is 0 Å². The van der Waals surface area contributed by atoms with Crippen molar-refractivity contribution in [2.45, 2.75) is 19.3 Å². The lowest BCUT2D eigenvalue weighted by molar-refractivity contribution is 0.467. The zero-order valence-electron chi connectivity index (χ0n) is 6.83. The molecule has 0 amide bonds. The average molecular weight is 161 g/mol. The van der Waals surface area contributed by atoms with E-state index in [2.05, 4.69) is 6.07 Å². The first-order valence-electron chi connectivity index (χ1n) is 3.98. The molecule has 2 heteroatoms. The third-order valence-electron chi connectivity index (χ3n) is 1.73. The van der Waals surface area contributed by atoms with E-state index in [1.807, 2.05) is 12.1 Å². The predicted molar refractivity (Wildman–Crippen MR) is 46.7 cm³/mol. The molecule has 62 valence electrons. The van der Waals surface area contributed by atoms with Gasteiger partial charge < -0.3 is 5.11 Å². The molecule has 1 rings (SSSR count). The van der Waals surface area contributed by atoms with Crippen LogP contribution in [-0.4, -0.2) is 5.11 Å². The number of aromatic hydroxyl groups is 1. The molecule has 2 nitrogen and oxygen atoms in total. The minimum Gasteiger partial charge on any atom is -0.508 e. The van der Waals surface area contributed by atoms with Gasteiger partial charge in [-0.15, -0.1) is 0 Å². The quantitative estimate of drug-likeness (QED) is 0.691. The number of para-hydroxylation sites is 1. The molecule has 0 aliphatic carbocycles. The van der Waals surface area contributed by atoms with Gasteiger partial charge in [0.05, 0.1) is 6.07 Å². The summed E-state index contributed by atoms with van der Waals surface area (Å²) in [5.74, 6) is 0.329. The Morgan fingerprint density at radius 3 is 2.75 bits per heavy atom. The molecular formula is C10H11NO. The van der Waals surface area contributed by atoms with Crippen molar-refractivity contribution in [3.8, 4) is 11.8 Å². The minimum atomic E-state index is 0.329. The van der Waals surface area contributed by atoms with E-state index in [0.717, 1.165) is 18.4 Å². The van der Waals surface area contributed by atoms with Crippen LogP contribution in [0.1, 0.15) is 18.4 Å². The van der Waals surface area contributed by atoms with Crippen LogP contribution in [0.3, 0.4) is 0 Å². The molecular weight excluding hydrogens is 150 g/mol. The Labute approximate surface area is 72.1 Å². The summed E-state index contributed by atoms with van der Waals surface area (Å²) in [5, 5.41) is 17.6. The lowest BCUT2D eigenvalue weighted by Crippen LogP contribution is -1.84. The molecule has 0 saturated heterocycles. The largest absolute Gasteiger partial charge is 0.508 e. The summed E-state index contributed by atoms with van der Waals surface area (Å²) in [4.78, 5) is 0. The maximum atomic E-state index is 9.33. The number of hydrogen-bond donors (Lipinski definition) is 1. The molecule has 0 aliphatic rings. The van der Waals surface area contributed by atoms with Gasteiger partial charge >= 0.3 is 0 Å². The van der Waals surface area contributed by atoms with E-state index in [0.29, 0.717) is 12.2 Å². The molecule has 0 radical (unpaired) electrons. The zero-order chi connectivity index (χ0) is 8.81. The number of phenols is 1. The van der Waals surface area contributed by atoms with Gasteiger partial charge in [-0.3, -0.25) is 0 Å². The van der Waals surface area contributed by atoms with Crippen LogP contribution in [0.15, 0.2) is 24.3 Å². The van der Waals surface area contributed by atoms with Gasteiger partial charge in [0.15, 0.2) is 0 Å². The van der Waals surface area contributed by atoms with Crippen molar-refractivity contribution in [1.82, 2.24) is 0 Å². The number of hydrogen-bond acceptors (Lipinski definition) is 2. The maximum Gasteiger partial charge on any atom is 0.118 e. The molecule has 1 aromatic rings. The monoisotopic (exact) mass is 161 g/mol. The lowest BCUT2D eigenvalue weighted by Gasteiger charge is -2.00. The molecule has 1 N–H and O–H groups in total. The molecule has 0 heterocycles. The van der Waals surface area contributed by atoms with E-state index in [-0.39, 0.29) is 0 Å². The highest BCUT2D eigenvalue weighted by Gasteiger charge is 1.97. The number of rotatable bonds is 3. The number of nitriles is 1. The van der Waals surface area contributed by atoms with Gasteiger partial charge in [0.1, 0.15) is 5.75 Å². The Hall–Kier alpha value is -1.49. The summed E-state index contributed by atoms with van der Waals surface area (Å²) >= 11 is 0. The first-order valence-corrected chi connectivity index (χ1v) is 3.98. The van der Waals surface area contributed by atoms with Gasteiger partial charge in [-0.2, -0.15) is 5.26 Å². The van der Waals surface area contributed by atoms with Crippen LogP contribution in [0.5, 0.6) is 5.75 Å². The van der Waals surface area contributed by atoms with Gasteiger partial charge in [-0.1, -0.05) is 18.2 Å². The van der Waals surface area contributed by atoms with Crippen molar-refractivity contribution in [3.05, 3.63) is 29.8 Å². The van der Waals surface area contributed by atoms with Gasteiger partial charge in [0, 0.05) is 6.42 Å². The predicted octanol–water partition coefficient (Wildman–Crippen LogP) is 2.24. The van der Waals surface area contributed by atoms with Crippen molar-refractivity contribution in [2.75, 3.05) is 0 Å². The molecule has 0 saturated carbocycles. The Morgan fingerprint density at radius 2 is 2.08 bits per heavy atom. The van der Waals surface area contributed by atoms with E-state index in [1.54, 1.807) is 12.1 Å². The van der Waals surface area contributed by atoms with Crippen molar-refractivity contribution >= 4 is 0 Å². The van der Waals surface area contributed by atoms with Crippen molar-refractivity contribution in [3.63, 3.8) is 0 Å². The maximum absolute atomic E-state index is 9.33. The first-order chi connectivity index (χ1) is 5.84. The smallest absolute Gasteiger partial charge is 0.118 e. The Bertz CT molecular complexity index is 288. The summed E-state index contributed by atoms with van der Waals surface area (Å²) in [6.45, 7) is 0. The van der Waals surface area contributed by atoms with E-state index < -0.39 is 0 Å². The molecule has 0 atom stereocenters. The highest BCUT2D eigenvalue weighted by atomic mass is 16.3. The van der Waals surface area contributed by atoms with Crippen LogP contribution in [0.2, 0.25) is 0 Å². The fourth-order valence-electron chi connectivity index (χ4n) is 1.08. The SMILES string of the molecule is N#CCCCc1ccccc1O. The summed E-state index contributed by atoms with van der Waals surface area (Å²) in [6.07, 6.45) is 2.14. The molecule has 0 aromatic heterocycles. The van der Waals surface area contributed by atoms with Gasteiger partial charge in [-0.25, -0.2) is 0 Å². The Kier molecular flexibility index (Phi) is 3.16. The third kappa shape index (κ3) is 2.28. The van der Waals surface area contributed by atoms with Gasteiger partial charge in [0.25, 0.3) is 0 Å². The fourth-order valence-corrected chi connectivity index (χ4v) is 1.08. The van der Waals surface area contributed by atoms with Crippen LogP contribution < -0.4 is 0 Å². The Morgan fingerprint density at radius 1 is 1.33 bits per heavy atom. The molecule has 0 spiro atoms. The third-order valence-corrected chi connectivity index (χ3v) is 1.73. The van der Waals surface area contributed by atoms with Gasteiger partial charge in [-0.05, 0) is 24.5 Å². The minimum absolute atomic E-state index is 0.329. The Balaban J connectivity index is 2.53. The number of benzene rings is 1. The van der Waals surface area contributed by atoms with E-state index in [4.69, 9.17) is 5.26 Å². The standard InChI is InChI=1S/C10H11NO/c11-8-4-3-6-9-5-1-2-7-10(9)12/h1-2,5,7,12H,3-4,6H2. The van der Waals surface area contributed by atoms with Crippen LogP contribution in [0, 0.1) is 11.3 Å². The van der Waals surface area contributed by atoms with E-state index in [9.17, 15) is 5.11 Å². The molecule has 1 aromatic carbocycles. The zero-order valence-corrected chi connectivity index (χ0v) is 6.83. The van der Waals surface area contributed by atoms with Crippen molar-refractivity contribution in [1.29, 1.82) is 5.26 Å². The van der Waals surface area contributed by atoms with Crippen LogP contribution in [0.4, 0.5) is 0 Å². The number of aryl methyl sites for hydroxylation is 1. The molecule has 0 aliphatic heterocycles. The number of nitrogens with zero attached hydrogens (tertiary/aromatic N) is 1. The molecule has 0 unspecified atom stereocenters. The summed E-state index contributed by atoms with van der Waals surface area (Å²) in [6, 6.07) is 9.31. The van der Waals surface area contributed by atoms with Crippen LogP contribution >= 0.6 is 0 Å². The molecule has 0 fully saturated rings. The number of unbranched alkanes of at least 4 members (excludes halogenated alkanes) is 1. The second-order valence-corrected chi connectivity index (χ2v) is 2.64. The first kappa shape index (κ1) is 8.61. The van der Waals surface area contributed by atoms with Crippen LogP contribution in [-0.2, 0) is 6.42 Å². The number of phenolic OH excluding ortho intramolecular Hbond substituents is 1. The van der Waals surface area contributed by atoms with Crippen molar-refractivity contribution in [2.24, 2.45) is 0 Å². The second-order valence-electron chi connectivity index (χ2n) is 2.64. The highest BCUT2D eigenvalue weighted by Crippen LogP contribution is 2.17. The highest BCUT2D eigenvalue weighted by molar-refractivity contribution is 5.31. The van der Waals surface area contributed by atoms with E-state index >= 15 is 0 Å². The molecule has 0 bridgehead atoms. The van der Waals surface area contributed by atoms with Gasteiger partial charge in [0.2, 0.25) is 0 Å². The normalized spacial score (nSPS) is 9.25. The average Bonchev–Trinajstić information content (AvgIpc) is 2.09. The fraction of sp³-hybridized carbons (Fsp3) is 0.300. The topological polar surface area (TPSA) is 44.0 Å². The van der Waals surface area contributed by atoms with Crippen LogP contribution in [0.25, 0.3) is 0 Å². The summed E-state index contributed by atoms with van der Waals surface area (Å²) in [7, 11) is 0. The lowest BCUT2D eigenvalue weighted by atomic mass is 10.1. The summed E-state index contributed by atoms with van der Waals surface area (Å²) in [5.41, 5.74) is 0.924.